The van der Waals surface area contributed by atoms with Gasteiger partial charge in [0.15, 0.2) is 0 Å². The standard InChI is InChI=1S/C17H17N/c1-14(16-10-6-3-7-11-16)17-13-18(17)12-15-8-4-2-5-9-15/h2-11,17H,1,12-13H2. The number of nitrogens with zero attached hydrogens (tertiary/aromatic N) is 1. The third kappa shape index (κ3) is 2.36. The molecule has 1 heteroatoms. The Kier molecular flexibility index (Phi) is 2.99. The van der Waals surface area contributed by atoms with E-state index in [-0.39, 0.29) is 0 Å². The summed E-state index contributed by atoms with van der Waals surface area (Å²) in [5, 5.41) is 0. The Morgan fingerprint density at radius 2 is 1.61 bits per heavy atom. The van der Waals surface area contributed by atoms with Gasteiger partial charge < -0.3 is 0 Å². The van der Waals surface area contributed by atoms with Crippen molar-refractivity contribution in [3.05, 3.63) is 78.4 Å². The van der Waals surface area contributed by atoms with Crippen molar-refractivity contribution in [3.63, 3.8) is 0 Å². The largest absolute Gasteiger partial charge is 0.289 e. The smallest absolute Gasteiger partial charge is 0.0479 e. The van der Waals surface area contributed by atoms with Gasteiger partial charge in [-0.15, -0.1) is 0 Å². The van der Waals surface area contributed by atoms with Crippen molar-refractivity contribution in [2.75, 3.05) is 6.54 Å². The molecule has 2 unspecified atom stereocenters. The molecule has 90 valence electrons. The van der Waals surface area contributed by atoms with Gasteiger partial charge in [0.2, 0.25) is 0 Å². The molecular weight excluding hydrogens is 218 g/mol. The van der Waals surface area contributed by atoms with Gasteiger partial charge in [-0.2, -0.15) is 0 Å². The molecular formula is C17H17N. The van der Waals surface area contributed by atoms with Crippen LogP contribution in [0.3, 0.4) is 0 Å². The fourth-order valence-electron chi connectivity index (χ4n) is 2.34. The minimum absolute atomic E-state index is 0.521. The van der Waals surface area contributed by atoms with Crippen LogP contribution in [0.25, 0.3) is 5.57 Å². The average Bonchev–Trinajstić information content (AvgIpc) is 3.19. The van der Waals surface area contributed by atoms with Crippen LogP contribution in [0.15, 0.2) is 67.2 Å². The lowest BCUT2D eigenvalue weighted by atomic mass is 10.1. The maximum Gasteiger partial charge on any atom is 0.0479 e. The Balaban J connectivity index is 1.63. The van der Waals surface area contributed by atoms with Crippen LogP contribution in [0, 0.1) is 0 Å². The second kappa shape index (κ2) is 4.79. The first-order chi connectivity index (χ1) is 8.84. The highest BCUT2D eigenvalue weighted by molar-refractivity contribution is 5.69. The van der Waals surface area contributed by atoms with Crippen molar-refractivity contribution in [1.29, 1.82) is 0 Å². The maximum atomic E-state index is 4.24. The van der Waals surface area contributed by atoms with Gasteiger partial charge in [-0.25, -0.2) is 0 Å². The van der Waals surface area contributed by atoms with Crippen molar-refractivity contribution in [3.8, 4) is 0 Å². The molecule has 1 saturated heterocycles. The van der Waals surface area contributed by atoms with Crippen LogP contribution < -0.4 is 0 Å². The molecule has 0 aliphatic carbocycles. The Morgan fingerprint density at radius 1 is 1.00 bits per heavy atom. The number of benzene rings is 2. The molecule has 1 nitrogen and oxygen atoms in total. The first kappa shape index (κ1) is 11.2. The van der Waals surface area contributed by atoms with Crippen LogP contribution >= 0.6 is 0 Å². The zero-order valence-corrected chi connectivity index (χ0v) is 10.4. The summed E-state index contributed by atoms with van der Waals surface area (Å²) in [4.78, 5) is 2.45. The fraction of sp³-hybridized carbons (Fsp3) is 0.176. The Hall–Kier alpha value is -1.86. The molecule has 1 aliphatic rings. The minimum Gasteiger partial charge on any atom is -0.289 e. The van der Waals surface area contributed by atoms with Gasteiger partial charge >= 0.3 is 0 Å². The SMILES string of the molecule is C=C(c1ccccc1)C1CN1Cc1ccccc1. The molecule has 0 bridgehead atoms. The molecule has 1 heterocycles. The van der Waals surface area contributed by atoms with E-state index in [1.165, 1.54) is 16.7 Å². The monoisotopic (exact) mass is 235 g/mol. The van der Waals surface area contributed by atoms with Crippen molar-refractivity contribution < 1.29 is 0 Å². The number of rotatable bonds is 4. The molecule has 0 spiro atoms. The summed E-state index contributed by atoms with van der Waals surface area (Å²) >= 11 is 0. The molecule has 0 aromatic heterocycles. The van der Waals surface area contributed by atoms with E-state index in [0.717, 1.165) is 13.1 Å². The van der Waals surface area contributed by atoms with Gasteiger partial charge in [0.05, 0.1) is 0 Å². The molecule has 1 fully saturated rings. The van der Waals surface area contributed by atoms with Gasteiger partial charge in [-0.3, -0.25) is 4.90 Å². The number of hydrogen-bond donors (Lipinski definition) is 0. The van der Waals surface area contributed by atoms with Crippen LogP contribution in [-0.2, 0) is 6.54 Å². The molecule has 0 radical (unpaired) electrons. The molecule has 0 N–H and O–H groups in total. The lowest BCUT2D eigenvalue weighted by Gasteiger charge is -2.07. The quantitative estimate of drug-likeness (QED) is 0.732. The van der Waals surface area contributed by atoms with E-state index in [1.54, 1.807) is 0 Å². The molecule has 2 aromatic carbocycles. The predicted molar refractivity (Wildman–Crippen MR) is 76.1 cm³/mol. The van der Waals surface area contributed by atoms with Gasteiger partial charge in [-0.05, 0) is 16.7 Å². The van der Waals surface area contributed by atoms with E-state index in [1.807, 2.05) is 6.07 Å². The molecule has 1 aliphatic heterocycles. The molecule has 0 saturated carbocycles. The Morgan fingerprint density at radius 3 is 2.28 bits per heavy atom. The van der Waals surface area contributed by atoms with Crippen molar-refractivity contribution in [1.82, 2.24) is 4.90 Å². The molecule has 3 rings (SSSR count). The van der Waals surface area contributed by atoms with E-state index in [4.69, 9.17) is 0 Å². The van der Waals surface area contributed by atoms with Crippen LogP contribution in [0.5, 0.6) is 0 Å². The maximum absolute atomic E-state index is 4.24. The summed E-state index contributed by atoms with van der Waals surface area (Å²) in [6, 6.07) is 21.6. The van der Waals surface area contributed by atoms with Crippen molar-refractivity contribution in [2.45, 2.75) is 12.6 Å². The summed E-state index contributed by atoms with van der Waals surface area (Å²) < 4.78 is 0. The van der Waals surface area contributed by atoms with Gasteiger partial charge in [0.1, 0.15) is 0 Å². The second-order valence-electron chi connectivity index (χ2n) is 4.82. The normalized spacial score (nSPS) is 21.6. The molecule has 18 heavy (non-hydrogen) atoms. The highest BCUT2D eigenvalue weighted by Crippen LogP contribution is 2.32. The minimum atomic E-state index is 0.521. The highest BCUT2D eigenvalue weighted by atomic mass is 15.3. The van der Waals surface area contributed by atoms with E-state index >= 15 is 0 Å². The first-order valence-corrected chi connectivity index (χ1v) is 6.37. The topological polar surface area (TPSA) is 3.01 Å². The summed E-state index contributed by atoms with van der Waals surface area (Å²) in [5.41, 5.74) is 3.88. The first-order valence-electron chi connectivity index (χ1n) is 6.37. The third-order valence-electron chi connectivity index (χ3n) is 3.49. The van der Waals surface area contributed by atoms with Crippen LogP contribution in [0.1, 0.15) is 11.1 Å². The van der Waals surface area contributed by atoms with Gasteiger partial charge in [0, 0.05) is 19.1 Å². The van der Waals surface area contributed by atoms with Gasteiger partial charge in [-0.1, -0.05) is 67.2 Å². The molecule has 2 aromatic rings. The van der Waals surface area contributed by atoms with Gasteiger partial charge in [0.25, 0.3) is 0 Å². The van der Waals surface area contributed by atoms with Crippen LogP contribution in [-0.4, -0.2) is 17.5 Å². The Bertz CT molecular complexity index is 530. The summed E-state index contributed by atoms with van der Waals surface area (Å²) in [5.74, 6) is 0. The van der Waals surface area contributed by atoms with E-state index in [0.29, 0.717) is 6.04 Å². The van der Waals surface area contributed by atoms with Crippen LogP contribution in [0.2, 0.25) is 0 Å². The van der Waals surface area contributed by atoms with Crippen LogP contribution in [0.4, 0.5) is 0 Å². The predicted octanol–water partition coefficient (Wildman–Crippen LogP) is 3.58. The van der Waals surface area contributed by atoms with E-state index < -0.39 is 0 Å². The molecule has 2 atom stereocenters. The van der Waals surface area contributed by atoms with E-state index in [2.05, 4.69) is 66.1 Å². The lowest BCUT2D eigenvalue weighted by Crippen LogP contribution is -2.03. The number of hydrogen-bond acceptors (Lipinski definition) is 1. The van der Waals surface area contributed by atoms with Crippen molar-refractivity contribution >= 4 is 5.57 Å². The molecule has 0 amide bonds. The Labute approximate surface area is 108 Å². The van der Waals surface area contributed by atoms with E-state index in [9.17, 15) is 0 Å². The second-order valence-corrected chi connectivity index (χ2v) is 4.82. The summed E-state index contributed by atoms with van der Waals surface area (Å²) in [7, 11) is 0. The van der Waals surface area contributed by atoms with Crippen molar-refractivity contribution in [2.24, 2.45) is 0 Å². The highest BCUT2D eigenvalue weighted by Gasteiger charge is 2.36. The summed E-state index contributed by atoms with van der Waals surface area (Å²) in [6.07, 6.45) is 0. The average molecular weight is 235 g/mol. The fourth-order valence-corrected chi connectivity index (χ4v) is 2.34. The zero-order valence-electron chi connectivity index (χ0n) is 10.4. The lowest BCUT2D eigenvalue weighted by molar-refractivity contribution is 0.533. The third-order valence-corrected chi connectivity index (χ3v) is 3.49. The summed E-state index contributed by atoms with van der Waals surface area (Å²) in [6.45, 7) is 6.39. The zero-order chi connectivity index (χ0) is 12.4.